The average molecular weight is 369 g/mol. The number of hydrogen-bond acceptors (Lipinski definition) is 4. The van der Waals surface area contributed by atoms with Gasteiger partial charge >= 0.3 is 0 Å². The second-order valence-corrected chi connectivity index (χ2v) is 6.60. The Balaban J connectivity index is 1.78. The summed E-state index contributed by atoms with van der Waals surface area (Å²) in [6.45, 7) is 5.24. The molecule has 0 aromatic heterocycles. The zero-order valence-corrected chi connectivity index (χ0v) is 15.4. The molecule has 0 radical (unpaired) electrons. The summed E-state index contributed by atoms with van der Waals surface area (Å²) in [4.78, 5) is 25.7. The summed E-state index contributed by atoms with van der Waals surface area (Å²) in [5.41, 5.74) is 0. The largest absolute Gasteiger partial charge is 0.490 e. The van der Waals surface area contributed by atoms with Gasteiger partial charge in [0, 0.05) is 19.1 Å². The standard InChI is InChI=1S/C18H25ClN2O4/c1-3-24-15-6-4-5-7-16(15)25-12-17(22)21-10-8-14(9-11-21)20-18(23)13(2)19/h4-7,13-14H,3,8-12H2,1-2H3,(H,20,23). The van der Waals surface area contributed by atoms with Gasteiger partial charge in [-0.15, -0.1) is 11.6 Å². The molecule has 1 unspecified atom stereocenters. The van der Waals surface area contributed by atoms with E-state index in [0.29, 0.717) is 31.2 Å². The van der Waals surface area contributed by atoms with Gasteiger partial charge in [0.25, 0.3) is 5.91 Å². The molecule has 1 aliphatic rings. The lowest BCUT2D eigenvalue weighted by molar-refractivity contribution is -0.134. The average Bonchev–Trinajstić information content (AvgIpc) is 2.61. The Morgan fingerprint density at radius 2 is 1.84 bits per heavy atom. The van der Waals surface area contributed by atoms with Gasteiger partial charge in [0.2, 0.25) is 5.91 Å². The summed E-state index contributed by atoms with van der Waals surface area (Å²) in [5.74, 6) is 0.967. The molecule has 1 aromatic carbocycles. The Kier molecular flexibility index (Phi) is 7.37. The summed E-state index contributed by atoms with van der Waals surface area (Å²) in [7, 11) is 0. The first-order valence-electron chi connectivity index (χ1n) is 8.58. The third kappa shape index (κ3) is 5.81. The van der Waals surface area contributed by atoms with Crippen LogP contribution in [0.2, 0.25) is 0 Å². The third-order valence-electron chi connectivity index (χ3n) is 4.06. The Morgan fingerprint density at radius 3 is 2.40 bits per heavy atom. The number of hydrogen-bond donors (Lipinski definition) is 1. The molecule has 1 aromatic rings. The fraction of sp³-hybridized carbons (Fsp3) is 0.556. The number of nitrogens with zero attached hydrogens (tertiary/aromatic N) is 1. The maximum atomic E-state index is 12.3. The molecule has 0 saturated carbocycles. The smallest absolute Gasteiger partial charge is 0.260 e. The number of para-hydroxylation sites is 2. The lowest BCUT2D eigenvalue weighted by atomic mass is 10.0. The van der Waals surface area contributed by atoms with Crippen LogP contribution in [-0.4, -0.2) is 54.4 Å². The molecule has 138 valence electrons. The van der Waals surface area contributed by atoms with Crippen molar-refractivity contribution in [2.75, 3.05) is 26.3 Å². The predicted molar refractivity (Wildman–Crippen MR) is 96.2 cm³/mol. The molecule has 1 atom stereocenters. The number of benzene rings is 1. The Morgan fingerprint density at radius 1 is 1.24 bits per heavy atom. The van der Waals surface area contributed by atoms with E-state index in [4.69, 9.17) is 21.1 Å². The summed E-state index contributed by atoms with van der Waals surface area (Å²) in [6, 6.07) is 7.37. The molecule has 1 saturated heterocycles. The molecular weight excluding hydrogens is 344 g/mol. The van der Waals surface area contributed by atoms with Crippen LogP contribution in [0, 0.1) is 0 Å². The molecule has 0 bridgehead atoms. The quantitative estimate of drug-likeness (QED) is 0.749. The van der Waals surface area contributed by atoms with E-state index in [2.05, 4.69) is 5.32 Å². The van der Waals surface area contributed by atoms with Crippen LogP contribution in [0.5, 0.6) is 11.5 Å². The van der Waals surface area contributed by atoms with Crippen LogP contribution in [0.3, 0.4) is 0 Å². The first kappa shape index (κ1) is 19.4. The predicted octanol–water partition coefficient (Wildman–Crippen LogP) is 2.20. The van der Waals surface area contributed by atoms with Gasteiger partial charge in [0.05, 0.1) is 6.61 Å². The van der Waals surface area contributed by atoms with Crippen molar-refractivity contribution in [3.8, 4) is 11.5 Å². The van der Waals surface area contributed by atoms with E-state index in [1.165, 1.54) is 0 Å². The van der Waals surface area contributed by atoms with Crippen LogP contribution in [0.15, 0.2) is 24.3 Å². The van der Waals surface area contributed by atoms with Crippen molar-refractivity contribution in [3.63, 3.8) is 0 Å². The number of rotatable bonds is 7. The van der Waals surface area contributed by atoms with Gasteiger partial charge in [-0.25, -0.2) is 0 Å². The fourth-order valence-electron chi connectivity index (χ4n) is 2.66. The SMILES string of the molecule is CCOc1ccccc1OCC(=O)N1CCC(NC(=O)C(C)Cl)CC1. The van der Waals surface area contributed by atoms with Crippen molar-refractivity contribution in [1.82, 2.24) is 10.2 Å². The van der Waals surface area contributed by atoms with E-state index >= 15 is 0 Å². The van der Waals surface area contributed by atoms with Crippen molar-refractivity contribution in [2.24, 2.45) is 0 Å². The van der Waals surface area contributed by atoms with Gasteiger partial charge in [0.15, 0.2) is 18.1 Å². The van der Waals surface area contributed by atoms with Gasteiger partial charge < -0.3 is 19.7 Å². The second-order valence-electron chi connectivity index (χ2n) is 5.95. The van der Waals surface area contributed by atoms with Crippen LogP contribution in [0.4, 0.5) is 0 Å². The monoisotopic (exact) mass is 368 g/mol. The number of piperidine rings is 1. The molecule has 1 aliphatic heterocycles. The molecule has 0 spiro atoms. The molecule has 2 rings (SSSR count). The van der Waals surface area contributed by atoms with Crippen LogP contribution in [0.1, 0.15) is 26.7 Å². The van der Waals surface area contributed by atoms with Crippen molar-refractivity contribution < 1.29 is 19.1 Å². The zero-order chi connectivity index (χ0) is 18.2. The molecule has 1 fully saturated rings. The highest BCUT2D eigenvalue weighted by atomic mass is 35.5. The maximum absolute atomic E-state index is 12.3. The number of nitrogens with one attached hydrogen (secondary N) is 1. The van der Waals surface area contributed by atoms with Crippen molar-refractivity contribution in [2.45, 2.75) is 38.1 Å². The van der Waals surface area contributed by atoms with E-state index in [1.54, 1.807) is 17.9 Å². The van der Waals surface area contributed by atoms with E-state index in [0.717, 1.165) is 12.8 Å². The summed E-state index contributed by atoms with van der Waals surface area (Å²) in [5, 5.41) is 2.36. The van der Waals surface area contributed by atoms with E-state index in [9.17, 15) is 9.59 Å². The normalized spacial score (nSPS) is 16.2. The highest BCUT2D eigenvalue weighted by Gasteiger charge is 2.25. The van der Waals surface area contributed by atoms with Crippen LogP contribution >= 0.6 is 11.6 Å². The van der Waals surface area contributed by atoms with Crippen molar-refractivity contribution in [3.05, 3.63) is 24.3 Å². The molecular formula is C18H25ClN2O4. The highest BCUT2D eigenvalue weighted by Crippen LogP contribution is 2.26. The molecule has 1 heterocycles. The Labute approximate surface area is 153 Å². The van der Waals surface area contributed by atoms with Gasteiger partial charge in [-0.1, -0.05) is 12.1 Å². The zero-order valence-electron chi connectivity index (χ0n) is 14.7. The lowest BCUT2D eigenvalue weighted by Crippen LogP contribution is -2.48. The minimum atomic E-state index is -0.543. The Bertz CT molecular complexity index is 586. The van der Waals surface area contributed by atoms with E-state index in [-0.39, 0.29) is 24.5 Å². The maximum Gasteiger partial charge on any atom is 0.260 e. The van der Waals surface area contributed by atoms with Gasteiger partial charge in [-0.2, -0.15) is 0 Å². The molecule has 2 amide bonds. The van der Waals surface area contributed by atoms with Crippen LogP contribution in [-0.2, 0) is 9.59 Å². The topological polar surface area (TPSA) is 67.9 Å². The molecule has 1 N–H and O–H groups in total. The summed E-state index contributed by atoms with van der Waals surface area (Å²) >= 11 is 5.76. The van der Waals surface area contributed by atoms with Gasteiger partial charge in [0.1, 0.15) is 5.38 Å². The summed E-state index contributed by atoms with van der Waals surface area (Å²) in [6.07, 6.45) is 1.44. The third-order valence-corrected chi connectivity index (χ3v) is 4.25. The summed E-state index contributed by atoms with van der Waals surface area (Å²) < 4.78 is 11.1. The van der Waals surface area contributed by atoms with Crippen molar-refractivity contribution >= 4 is 23.4 Å². The number of carbonyl (C=O) groups excluding carboxylic acids is 2. The number of alkyl halides is 1. The highest BCUT2D eigenvalue weighted by molar-refractivity contribution is 6.30. The van der Waals surface area contributed by atoms with E-state index in [1.807, 2.05) is 25.1 Å². The number of ether oxygens (including phenoxy) is 2. The van der Waals surface area contributed by atoms with Crippen molar-refractivity contribution in [1.29, 1.82) is 0 Å². The lowest BCUT2D eigenvalue weighted by Gasteiger charge is -2.32. The van der Waals surface area contributed by atoms with Crippen LogP contribution in [0.25, 0.3) is 0 Å². The first-order chi connectivity index (χ1) is 12.0. The van der Waals surface area contributed by atoms with E-state index < -0.39 is 5.38 Å². The van der Waals surface area contributed by atoms with Crippen LogP contribution < -0.4 is 14.8 Å². The minimum Gasteiger partial charge on any atom is -0.490 e. The minimum absolute atomic E-state index is 0.0279. The second kappa shape index (κ2) is 9.51. The number of likely N-dealkylation sites (tertiary alicyclic amines) is 1. The number of halogens is 1. The number of carbonyl (C=O) groups is 2. The Hall–Kier alpha value is -1.95. The molecule has 7 heteroatoms. The first-order valence-corrected chi connectivity index (χ1v) is 9.01. The molecule has 6 nitrogen and oxygen atoms in total. The number of amides is 2. The van der Waals surface area contributed by atoms with Gasteiger partial charge in [-0.3, -0.25) is 9.59 Å². The molecule has 25 heavy (non-hydrogen) atoms. The van der Waals surface area contributed by atoms with Gasteiger partial charge in [-0.05, 0) is 38.8 Å². The fourth-order valence-corrected chi connectivity index (χ4v) is 2.73. The molecule has 0 aliphatic carbocycles.